The highest BCUT2D eigenvalue weighted by molar-refractivity contribution is 9.10. The average molecular weight is 323 g/mol. The summed E-state index contributed by atoms with van der Waals surface area (Å²) < 4.78 is 7.68. The number of carbonyl (C=O) groups excluding carboxylic acids is 1. The third-order valence-electron chi connectivity index (χ3n) is 2.89. The second kappa shape index (κ2) is 5.57. The van der Waals surface area contributed by atoms with Gasteiger partial charge in [-0.15, -0.1) is 0 Å². The smallest absolute Gasteiger partial charge is 0.170 e. The summed E-state index contributed by atoms with van der Waals surface area (Å²) in [7, 11) is 3.43. The molecule has 0 N–H and O–H groups in total. The maximum absolute atomic E-state index is 12.2. The standard InChI is InChI=1S/C14H15BrN2O2/c1-9-11(8-17(2)16-9)13(18)7-10-4-5-14(19-3)12(15)6-10/h4-6,8H,7H2,1-3H3. The molecule has 0 aliphatic carbocycles. The largest absolute Gasteiger partial charge is 0.496 e. The highest BCUT2D eigenvalue weighted by Crippen LogP contribution is 2.26. The number of benzene rings is 1. The van der Waals surface area contributed by atoms with Gasteiger partial charge in [0.05, 0.1) is 22.8 Å². The number of hydrogen-bond donors (Lipinski definition) is 0. The zero-order valence-electron chi connectivity index (χ0n) is 11.1. The van der Waals surface area contributed by atoms with E-state index in [2.05, 4.69) is 21.0 Å². The first-order valence-corrected chi connectivity index (χ1v) is 6.66. The monoisotopic (exact) mass is 322 g/mol. The third kappa shape index (κ3) is 3.04. The van der Waals surface area contributed by atoms with Crippen molar-refractivity contribution in [3.63, 3.8) is 0 Å². The average Bonchev–Trinajstić information content (AvgIpc) is 2.69. The molecule has 1 aromatic carbocycles. The fourth-order valence-corrected chi connectivity index (χ4v) is 2.56. The second-order valence-corrected chi connectivity index (χ2v) is 5.23. The number of aromatic nitrogens is 2. The predicted octanol–water partition coefficient (Wildman–Crippen LogP) is 2.93. The Morgan fingerprint density at radius 1 is 1.47 bits per heavy atom. The molecule has 4 nitrogen and oxygen atoms in total. The Morgan fingerprint density at radius 2 is 2.21 bits per heavy atom. The van der Waals surface area contributed by atoms with E-state index in [0.717, 1.165) is 21.5 Å². The molecule has 0 spiro atoms. The zero-order valence-corrected chi connectivity index (χ0v) is 12.7. The van der Waals surface area contributed by atoms with E-state index in [-0.39, 0.29) is 5.78 Å². The van der Waals surface area contributed by atoms with Gasteiger partial charge in [0.25, 0.3) is 0 Å². The van der Waals surface area contributed by atoms with E-state index in [1.165, 1.54) is 0 Å². The third-order valence-corrected chi connectivity index (χ3v) is 3.51. The molecule has 0 amide bonds. The summed E-state index contributed by atoms with van der Waals surface area (Å²) in [5.74, 6) is 0.830. The van der Waals surface area contributed by atoms with E-state index < -0.39 is 0 Å². The van der Waals surface area contributed by atoms with Crippen molar-refractivity contribution in [2.45, 2.75) is 13.3 Å². The highest BCUT2D eigenvalue weighted by atomic mass is 79.9. The van der Waals surface area contributed by atoms with E-state index in [4.69, 9.17) is 4.74 Å². The molecular weight excluding hydrogens is 308 g/mol. The van der Waals surface area contributed by atoms with Crippen LogP contribution in [0, 0.1) is 6.92 Å². The summed E-state index contributed by atoms with van der Waals surface area (Å²) in [6.07, 6.45) is 2.12. The van der Waals surface area contributed by atoms with Crippen LogP contribution in [0.2, 0.25) is 0 Å². The second-order valence-electron chi connectivity index (χ2n) is 4.37. The van der Waals surface area contributed by atoms with Crippen molar-refractivity contribution in [2.24, 2.45) is 7.05 Å². The minimum absolute atomic E-state index is 0.0719. The number of methoxy groups -OCH3 is 1. The van der Waals surface area contributed by atoms with Crippen molar-refractivity contribution in [3.8, 4) is 5.75 Å². The summed E-state index contributed by atoms with van der Waals surface area (Å²) in [6.45, 7) is 1.84. The SMILES string of the molecule is COc1ccc(CC(=O)c2cn(C)nc2C)cc1Br. The molecule has 0 bridgehead atoms. The number of halogens is 1. The molecule has 19 heavy (non-hydrogen) atoms. The Bertz CT molecular complexity index is 620. The van der Waals surface area contributed by atoms with Gasteiger partial charge in [-0.25, -0.2) is 0 Å². The molecule has 0 saturated heterocycles. The van der Waals surface area contributed by atoms with Crippen molar-refractivity contribution in [1.82, 2.24) is 9.78 Å². The molecule has 0 aliphatic rings. The van der Waals surface area contributed by atoms with Crippen LogP contribution in [0.3, 0.4) is 0 Å². The minimum atomic E-state index is 0.0719. The molecule has 5 heteroatoms. The first-order valence-electron chi connectivity index (χ1n) is 5.87. The number of Topliss-reactive ketones (excluding diaryl/α,β-unsaturated/α-hetero) is 1. The van der Waals surface area contributed by atoms with Crippen molar-refractivity contribution in [3.05, 3.63) is 45.7 Å². The lowest BCUT2D eigenvalue weighted by atomic mass is 10.0. The van der Waals surface area contributed by atoms with Crippen LogP contribution in [0.4, 0.5) is 0 Å². The Kier molecular flexibility index (Phi) is 4.04. The van der Waals surface area contributed by atoms with Crippen LogP contribution in [-0.4, -0.2) is 22.7 Å². The van der Waals surface area contributed by atoms with Crippen molar-refractivity contribution >= 4 is 21.7 Å². The molecule has 2 aromatic rings. The molecule has 0 fully saturated rings. The summed E-state index contributed by atoms with van der Waals surface area (Å²) >= 11 is 3.42. The summed E-state index contributed by atoms with van der Waals surface area (Å²) in [4.78, 5) is 12.2. The molecule has 2 rings (SSSR count). The van der Waals surface area contributed by atoms with Gasteiger partial charge in [0.1, 0.15) is 5.75 Å². The van der Waals surface area contributed by atoms with Crippen LogP contribution >= 0.6 is 15.9 Å². The van der Waals surface area contributed by atoms with Crippen molar-refractivity contribution in [2.75, 3.05) is 7.11 Å². The lowest BCUT2D eigenvalue weighted by Crippen LogP contribution is -2.04. The first-order chi connectivity index (χ1) is 9.01. The number of hydrogen-bond acceptors (Lipinski definition) is 3. The molecule has 1 aromatic heterocycles. The molecule has 0 radical (unpaired) electrons. The Morgan fingerprint density at radius 3 is 2.74 bits per heavy atom. The van der Waals surface area contributed by atoms with Gasteiger partial charge in [-0.2, -0.15) is 5.10 Å². The number of rotatable bonds is 4. The maximum Gasteiger partial charge on any atom is 0.170 e. The molecule has 0 unspecified atom stereocenters. The molecule has 100 valence electrons. The fourth-order valence-electron chi connectivity index (χ4n) is 1.97. The Labute approximate surface area is 120 Å². The van der Waals surface area contributed by atoms with E-state index in [9.17, 15) is 4.79 Å². The van der Waals surface area contributed by atoms with Crippen LogP contribution in [-0.2, 0) is 13.5 Å². The van der Waals surface area contributed by atoms with Crippen molar-refractivity contribution in [1.29, 1.82) is 0 Å². The van der Waals surface area contributed by atoms with Crippen LogP contribution in [0.15, 0.2) is 28.9 Å². The highest BCUT2D eigenvalue weighted by Gasteiger charge is 2.13. The molecule has 0 atom stereocenters. The van der Waals surface area contributed by atoms with Crippen LogP contribution in [0.25, 0.3) is 0 Å². The van der Waals surface area contributed by atoms with Gasteiger partial charge >= 0.3 is 0 Å². The zero-order chi connectivity index (χ0) is 14.0. The molecule has 0 aliphatic heterocycles. The number of ether oxygens (including phenoxy) is 1. The topological polar surface area (TPSA) is 44.1 Å². The molecular formula is C14H15BrN2O2. The minimum Gasteiger partial charge on any atom is -0.496 e. The summed E-state index contributed by atoms with van der Waals surface area (Å²) in [5.41, 5.74) is 2.38. The molecule has 0 saturated carbocycles. The van der Waals surface area contributed by atoms with E-state index in [1.807, 2.05) is 32.2 Å². The van der Waals surface area contributed by atoms with E-state index in [0.29, 0.717) is 12.0 Å². The lowest BCUT2D eigenvalue weighted by Gasteiger charge is -2.05. The van der Waals surface area contributed by atoms with E-state index >= 15 is 0 Å². The van der Waals surface area contributed by atoms with Gasteiger partial charge < -0.3 is 4.74 Å². The van der Waals surface area contributed by atoms with Gasteiger partial charge in [0.15, 0.2) is 5.78 Å². The normalized spacial score (nSPS) is 10.5. The summed E-state index contributed by atoms with van der Waals surface area (Å²) in [5, 5.41) is 4.19. The van der Waals surface area contributed by atoms with Gasteiger partial charge in [-0.1, -0.05) is 6.07 Å². The molecule has 1 heterocycles. The quantitative estimate of drug-likeness (QED) is 0.813. The van der Waals surface area contributed by atoms with Gasteiger partial charge in [0, 0.05) is 19.7 Å². The lowest BCUT2D eigenvalue weighted by molar-refractivity contribution is 0.0992. The summed E-state index contributed by atoms with van der Waals surface area (Å²) in [6, 6.07) is 5.65. The number of nitrogens with zero attached hydrogens (tertiary/aromatic N) is 2. The van der Waals surface area contributed by atoms with Crippen LogP contribution in [0.5, 0.6) is 5.75 Å². The number of ketones is 1. The maximum atomic E-state index is 12.2. The first kappa shape index (κ1) is 13.8. The van der Waals surface area contributed by atoms with Crippen LogP contribution in [0.1, 0.15) is 21.6 Å². The number of aryl methyl sites for hydroxylation is 2. The Balaban J connectivity index is 2.19. The van der Waals surface area contributed by atoms with E-state index in [1.54, 1.807) is 18.0 Å². The van der Waals surface area contributed by atoms with Gasteiger partial charge in [-0.05, 0) is 40.5 Å². The number of carbonyl (C=O) groups is 1. The van der Waals surface area contributed by atoms with Crippen molar-refractivity contribution < 1.29 is 9.53 Å². The fraction of sp³-hybridized carbons (Fsp3) is 0.286. The predicted molar refractivity (Wildman–Crippen MR) is 76.7 cm³/mol. The van der Waals surface area contributed by atoms with Gasteiger partial charge in [0.2, 0.25) is 0 Å². The Hall–Kier alpha value is -1.62. The van der Waals surface area contributed by atoms with Crippen LogP contribution < -0.4 is 4.74 Å². The van der Waals surface area contributed by atoms with Gasteiger partial charge in [-0.3, -0.25) is 9.48 Å².